The van der Waals surface area contributed by atoms with Crippen molar-refractivity contribution >= 4 is 16.9 Å². The van der Waals surface area contributed by atoms with Gasteiger partial charge in [0.15, 0.2) is 0 Å². The molecule has 17 heavy (non-hydrogen) atoms. The summed E-state index contributed by atoms with van der Waals surface area (Å²) < 4.78 is 5.44. The van der Waals surface area contributed by atoms with E-state index in [9.17, 15) is 4.79 Å². The van der Waals surface area contributed by atoms with Crippen LogP contribution < -0.4 is 0 Å². The molecule has 0 bridgehead atoms. The molecule has 0 spiro atoms. The summed E-state index contributed by atoms with van der Waals surface area (Å²) >= 11 is 0. The fourth-order valence-corrected chi connectivity index (χ4v) is 1.88. The Morgan fingerprint density at radius 2 is 2.12 bits per heavy atom. The topological polar surface area (TPSA) is 50.4 Å². The monoisotopic (exact) mass is 232 g/mol. The number of aryl methyl sites for hydroxylation is 1. The Morgan fingerprint density at radius 1 is 1.41 bits per heavy atom. The Hall–Kier alpha value is -1.77. The molecule has 0 saturated heterocycles. The van der Waals surface area contributed by atoms with Crippen LogP contribution in [-0.2, 0) is 11.2 Å². The zero-order valence-corrected chi connectivity index (χ0v) is 10.3. The first-order valence-electron chi connectivity index (χ1n) is 5.60. The number of carbonyl (C=O) groups is 1. The van der Waals surface area contributed by atoms with Crippen molar-refractivity contribution in [3.05, 3.63) is 35.6 Å². The Kier molecular flexibility index (Phi) is 2.69. The second-order valence-electron chi connectivity index (χ2n) is 5.13. The van der Waals surface area contributed by atoms with Gasteiger partial charge < -0.3 is 9.52 Å². The quantitative estimate of drug-likeness (QED) is 0.882. The van der Waals surface area contributed by atoms with E-state index >= 15 is 0 Å². The number of benzene rings is 1. The summed E-state index contributed by atoms with van der Waals surface area (Å²) in [4.78, 5) is 11.1. The Labute approximate surface area is 100 Å². The lowest BCUT2D eigenvalue weighted by atomic mass is 9.86. The zero-order valence-electron chi connectivity index (χ0n) is 10.3. The molecular formula is C14H16O3. The normalized spacial score (nSPS) is 11.9. The summed E-state index contributed by atoms with van der Waals surface area (Å²) in [5, 5.41) is 10.1. The fraction of sp³-hybridized carbons (Fsp3) is 0.357. The van der Waals surface area contributed by atoms with Crippen LogP contribution in [0.3, 0.4) is 0 Å². The average molecular weight is 232 g/mol. The lowest BCUT2D eigenvalue weighted by molar-refractivity contribution is -0.146. The molecule has 0 saturated carbocycles. The van der Waals surface area contributed by atoms with E-state index < -0.39 is 11.4 Å². The van der Waals surface area contributed by atoms with Gasteiger partial charge in [-0.25, -0.2) is 0 Å². The third-order valence-electron chi connectivity index (χ3n) is 3.02. The van der Waals surface area contributed by atoms with E-state index in [1.54, 1.807) is 20.1 Å². The van der Waals surface area contributed by atoms with E-state index in [4.69, 9.17) is 9.52 Å². The van der Waals surface area contributed by atoms with Crippen LogP contribution in [0.1, 0.15) is 25.0 Å². The molecule has 1 aromatic carbocycles. The molecule has 2 aromatic rings. The van der Waals surface area contributed by atoms with Gasteiger partial charge in [0.1, 0.15) is 5.58 Å². The number of furan rings is 1. The molecule has 0 unspecified atom stereocenters. The summed E-state index contributed by atoms with van der Waals surface area (Å²) in [5.41, 5.74) is 2.14. The van der Waals surface area contributed by atoms with Crippen molar-refractivity contribution in [1.29, 1.82) is 0 Å². The van der Waals surface area contributed by atoms with Crippen molar-refractivity contribution in [2.24, 2.45) is 5.41 Å². The summed E-state index contributed by atoms with van der Waals surface area (Å²) in [7, 11) is 0. The summed E-state index contributed by atoms with van der Waals surface area (Å²) in [5.74, 6) is -0.792. The molecule has 90 valence electrons. The maximum atomic E-state index is 11.1. The van der Waals surface area contributed by atoms with Crippen molar-refractivity contribution in [3.63, 3.8) is 0 Å². The molecule has 3 nitrogen and oxygen atoms in total. The number of carboxylic acids is 1. The van der Waals surface area contributed by atoms with Crippen molar-refractivity contribution in [2.75, 3.05) is 0 Å². The van der Waals surface area contributed by atoms with Gasteiger partial charge in [0.25, 0.3) is 0 Å². The summed E-state index contributed by atoms with van der Waals surface area (Å²) in [6.45, 7) is 5.46. The van der Waals surface area contributed by atoms with Gasteiger partial charge in [0.05, 0.1) is 11.7 Å². The molecular weight excluding hydrogens is 216 g/mol. The van der Waals surface area contributed by atoms with Crippen LogP contribution in [0, 0.1) is 12.3 Å². The highest BCUT2D eigenvalue weighted by atomic mass is 16.4. The molecule has 0 radical (unpaired) electrons. The molecule has 1 aromatic heterocycles. The predicted molar refractivity (Wildman–Crippen MR) is 66.1 cm³/mol. The highest BCUT2D eigenvalue weighted by Gasteiger charge is 2.28. The van der Waals surface area contributed by atoms with Crippen LogP contribution in [0.2, 0.25) is 0 Å². The van der Waals surface area contributed by atoms with Crippen LogP contribution in [0.15, 0.2) is 28.9 Å². The molecule has 3 heteroatoms. The van der Waals surface area contributed by atoms with E-state index in [-0.39, 0.29) is 0 Å². The predicted octanol–water partition coefficient (Wildman–Crippen LogP) is 3.39. The first-order chi connectivity index (χ1) is 7.90. The maximum absolute atomic E-state index is 11.1. The Morgan fingerprint density at radius 3 is 2.76 bits per heavy atom. The Balaban J connectivity index is 2.43. The third-order valence-corrected chi connectivity index (χ3v) is 3.02. The number of fused-ring (bicyclic) bond motifs is 1. The molecule has 2 rings (SSSR count). The average Bonchev–Trinajstić information content (AvgIpc) is 2.60. The van der Waals surface area contributed by atoms with Gasteiger partial charge in [0.2, 0.25) is 0 Å². The molecule has 0 amide bonds. The molecule has 1 heterocycles. The highest BCUT2D eigenvalue weighted by molar-refractivity contribution is 5.83. The van der Waals surface area contributed by atoms with Gasteiger partial charge >= 0.3 is 5.97 Å². The van der Waals surface area contributed by atoms with Crippen LogP contribution in [-0.4, -0.2) is 11.1 Å². The van der Waals surface area contributed by atoms with Crippen molar-refractivity contribution < 1.29 is 14.3 Å². The van der Waals surface area contributed by atoms with Crippen molar-refractivity contribution in [1.82, 2.24) is 0 Å². The number of carboxylic acid groups (broad SMARTS) is 1. The fourth-order valence-electron chi connectivity index (χ4n) is 1.88. The minimum atomic E-state index is -0.792. The second kappa shape index (κ2) is 3.91. The summed E-state index contributed by atoms with van der Waals surface area (Å²) in [6.07, 6.45) is 2.13. The van der Waals surface area contributed by atoms with Gasteiger partial charge in [0, 0.05) is 5.39 Å². The molecule has 0 aliphatic carbocycles. The number of hydrogen-bond acceptors (Lipinski definition) is 2. The van der Waals surface area contributed by atoms with Crippen molar-refractivity contribution in [3.8, 4) is 0 Å². The van der Waals surface area contributed by atoms with Crippen LogP contribution in [0.25, 0.3) is 11.0 Å². The second-order valence-corrected chi connectivity index (χ2v) is 5.13. The molecule has 0 fully saturated rings. The standard InChI is InChI=1S/C14H16O3/c1-9-4-5-12-11(6-9)10(8-17-12)7-14(2,3)13(15)16/h4-6,8H,7H2,1-3H3,(H,15,16). The van der Waals surface area contributed by atoms with Gasteiger partial charge in [-0.2, -0.15) is 0 Å². The number of rotatable bonds is 3. The van der Waals surface area contributed by atoms with Gasteiger partial charge in [-0.15, -0.1) is 0 Å². The van der Waals surface area contributed by atoms with E-state index in [2.05, 4.69) is 0 Å². The maximum Gasteiger partial charge on any atom is 0.309 e. The van der Waals surface area contributed by atoms with E-state index in [1.807, 2.05) is 25.1 Å². The number of aliphatic carboxylic acids is 1. The van der Waals surface area contributed by atoms with Gasteiger partial charge in [-0.1, -0.05) is 11.6 Å². The minimum Gasteiger partial charge on any atom is -0.481 e. The SMILES string of the molecule is Cc1ccc2occ(CC(C)(C)C(=O)O)c2c1. The molecule has 0 atom stereocenters. The van der Waals surface area contributed by atoms with Crippen molar-refractivity contribution in [2.45, 2.75) is 27.2 Å². The van der Waals surface area contributed by atoms with Gasteiger partial charge in [-0.05, 0) is 44.9 Å². The molecule has 1 N–H and O–H groups in total. The highest BCUT2D eigenvalue weighted by Crippen LogP contribution is 2.29. The first kappa shape index (κ1) is 11.7. The number of hydrogen-bond donors (Lipinski definition) is 1. The van der Waals surface area contributed by atoms with E-state index in [1.165, 1.54) is 0 Å². The Bertz CT molecular complexity index is 564. The third kappa shape index (κ3) is 2.18. The first-order valence-corrected chi connectivity index (χ1v) is 5.60. The lowest BCUT2D eigenvalue weighted by Gasteiger charge is -2.17. The largest absolute Gasteiger partial charge is 0.481 e. The lowest BCUT2D eigenvalue weighted by Crippen LogP contribution is -2.26. The van der Waals surface area contributed by atoms with E-state index in [0.717, 1.165) is 22.1 Å². The smallest absolute Gasteiger partial charge is 0.309 e. The molecule has 0 aliphatic heterocycles. The minimum absolute atomic E-state index is 0.471. The van der Waals surface area contributed by atoms with Gasteiger partial charge in [-0.3, -0.25) is 4.79 Å². The molecule has 0 aliphatic rings. The van der Waals surface area contributed by atoms with Crippen LogP contribution in [0.5, 0.6) is 0 Å². The van der Waals surface area contributed by atoms with Crippen LogP contribution in [0.4, 0.5) is 0 Å². The van der Waals surface area contributed by atoms with Crippen LogP contribution >= 0.6 is 0 Å². The summed E-state index contributed by atoms with van der Waals surface area (Å²) in [6, 6.07) is 5.94. The zero-order chi connectivity index (χ0) is 12.6. The van der Waals surface area contributed by atoms with E-state index in [0.29, 0.717) is 6.42 Å².